The molecule has 16 heavy (non-hydrogen) atoms. The summed E-state index contributed by atoms with van der Waals surface area (Å²) in [5.41, 5.74) is 1.62. The van der Waals surface area contributed by atoms with Crippen LogP contribution in [-0.2, 0) is 0 Å². The second kappa shape index (κ2) is 7.23. The molecular weight excluding hydrogens is 268 g/mol. The first-order valence-corrected chi connectivity index (χ1v) is 6.38. The largest absolute Gasteiger partial charge is 0.493 e. The predicted molar refractivity (Wildman–Crippen MR) is 70.4 cm³/mol. The lowest BCUT2D eigenvalue weighted by atomic mass is 10.1. The van der Waals surface area contributed by atoms with Crippen molar-refractivity contribution in [3.8, 4) is 5.75 Å². The van der Waals surface area contributed by atoms with E-state index in [2.05, 4.69) is 22.0 Å². The van der Waals surface area contributed by atoms with E-state index in [9.17, 15) is 4.79 Å². The minimum atomic E-state index is 0.569. The number of carbonyl (C=O) groups excluding carboxylic acids is 1. The van der Waals surface area contributed by atoms with Crippen molar-refractivity contribution in [2.75, 3.05) is 11.9 Å². The molecular formula is C13H15BrO2. The molecule has 0 amide bonds. The van der Waals surface area contributed by atoms with E-state index in [0.717, 1.165) is 23.6 Å². The van der Waals surface area contributed by atoms with Gasteiger partial charge in [0.1, 0.15) is 5.75 Å². The lowest BCUT2D eigenvalue weighted by Gasteiger charge is -2.06. The molecule has 86 valence electrons. The molecule has 0 aliphatic carbocycles. The highest BCUT2D eigenvalue weighted by molar-refractivity contribution is 9.09. The second-order valence-corrected chi connectivity index (χ2v) is 4.02. The van der Waals surface area contributed by atoms with Crippen LogP contribution in [0.4, 0.5) is 0 Å². The van der Waals surface area contributed by atoms with Gasteiger partial charge < -0.3 is 4.74 Å². The third kappa shape index (κ3) is 3.81. The number of allylic oxidation sites excluding steroid dienone is 1. The maximum absolute atomic E-state index is 10.9. The average Bonchev–Trinajstić information content (AvgIpc) is 2.31. The zero-order chi connectivity index (χ0) is 11.8. The molecule has 1 aromatic carbocycles. The van der Waals surface area contributed by atoms with E-state index in [1.165, 1.54) is 0 Å². The molecule has 0 aliphatic rings. The molecule has 0 aromatic heterocycles. The summed E-state index contributed by atoms with van der Waals surface area (Å²) in [6.07, 6.45) is 5.87. The van der Waals surface area contributed by atoms with Crippen molar-refractivity contribution in [2.24, 2.45) is 0 Å². The molecule has 0 saturated carbocycles. The summed E-state index contributed by atoms with van der Waals surface area (Å²) in [6, 6.07) is 5.62. The Hall–Kier alpha value is -1.09. The van der Waals surface area contributed by atoms with Crippen LogP contribution in [0, 0.1) is 0 Å². The number of hydrogen-bond acceptors (Lipinski definition) is 2. The minimum Gasteiger partial charge on any atom is -0.493 e. The molecule has 2 nitrogen and oxygen atoms in total. The van der Waals surface area contributed by atoms with Gasteiger partial charge in [0.05, 0.1) is 12.2 Å². The van der Waals surface area contributed by atoms with Crippen LogP contribution in [0.3, 0.4) is 0 Å². The van der Waals surface area contributed by atoms with Gasteiger partial charge in [-0.05, 0) is 31.0 Å². The van der Waals surface area contributed by atoms with Crippen molar-refractivity contribution < 1.29 is 9.53 Å². The summed E-state index contributed by atoms with van der Waals surface area (Å²) in [6.45, 7) is 2.47. The SMILES string of the molecule is CCOc1ccc(C=CCCBr)cc1C=O. The van der Waals surface area contributed by atoms with Crippen LogP contribution >= 0.6 is 15.9 Å². The number of aldehydes is 1. The van der Waals surface area contributed by atoms with Crippen LogP contribution in [0.15, 0.2) is 24.3 Å². The Bertz CT molecular complexity index is 372. The molecule has 0 heterocycles. The highest BCUT2D eigenvalue weighted by Crippen LogP contribution is 2.19. The molecule has 0 radical (unpaired) electrons. The van der Waals surface area contributed by atoms with E-state index in [4.69, 9.17) is 4.74 Å². The number of hydrogen-bond donors (Lipinski definition) is 0. The Morgan fingerprint density at radius 2 is 2.25 bits per heavy atom. The summed E-state index contributed by atoms with van der Waals surface area (Å²) < 4.78 is 5.35. The van der Waals surface area contributed by atoms with Crippen molar-refractivity contribution >= 4 is 28.3 Å². The lowest BCUT2D eigenvalue weighted by Crippen LogP contribution is -1.96. The summed E-state index contributed by atoms with van der Waals surface area (Å²) >= 11 is 3.36. The zero-order valence-corrected chi connectivity index (χ0v) is 10.9. The Morgan fingerprint density at radius 1 is 1.44 bits per heavy atom. The van der Waals surface area contributed by atoms with E-state index in [1.54, 1.807) is 0 Å². The van der Waals surface area contributed by atoms with E-state index >= 15 is 0 Å². The van der Waals surface area contributed by atoms with E-state index in [0.29, 0.717) is 17.9 Å². The van der Waals surface area contributed by atoms with Crippen molar-refractivity contribution in [2.45, 2.75) is 13.3 Å². The monoisotopic (exact) mass is 282 g/mol. The van der Waals surface area contributed by atoms with Gasteiger partial charge in [0, 0.05) is 5.33 Å². The fourth-order valence-corrected chi connectivity index (χ4v) is 1.60. The van der Waals surface area contributed by atoms with Gasteiger partial charge >= 0.3 is 0 Å². The topological polar surface area (TPSA) is 26.3 Å². The summed E-state index contributed by atoms with van der Waals surface area (Å²) in [7, 11) is 0. The molecule has 0 spiro atoms. The van der Waals surface area contributed by atoms with Crippen LogP contribution in [0.2, 0.25) is 0 Å². The first-order chi connectivity index (χ1) is 7.81. The molecule has 3 heteroatoms. The van der Waals surface area contributed by atoms with Crippen LogP contribution in [0.25, 0.3) is 6.08 Å². The van der Waals surface area contributed by atoms with E-state index < -0.39 is 0 Å². The fraction of sp³-hybridized carbons (Fsp3) is 0.308. The molecule has 1 rings (SSSR count). The molecule has 0 atom stereocenters. The van der Waals surface area contributed by atoms with Crippen molar-refractivity contribution in [1.82, 2.24) is 0 Å². The Kier molecular flexibility index (Phi) is 5.86. The van der Waals surface area contributed by atoms with Gasteiger partial charge in [0.15, 0.2) is 6.29 Å². The smallest absolute Gasteiger partial charge is 0.153 e. The number of benzene rings is 1. The normalized spacial score (nSPS) is 10.6. The van der Waals surface area contributed by atoms with Crippen LogP contribution < -0.4 is 4.74 Å². The summed E-state index contributed by atoms with van der Waals surface area (Å²) in [5.74, 6) is 0.648. The molecule has 0 fully saturated rings. The number of ether oxygens (including phenoxy) is 1. The Balaban J connectivity index is 2.86. The standard InChI is InChI=1S/C13H15BrO2/c1-2-16-13-7-6-11(5-3-4-8-14)9-12(13)10-15/h3,5-7,9-10H,2,4,8H2,1H3. The lowest BCUT2D eigenvalue weighted by molar-refractivity contribution is 0.112. The Morgan fingerprint density at radius 3 is 2.88 bits per heavy atom. The molecule has 0 N–H and O–H groups in total. The van der Waals surface area contributed by atoms with E-state index in [-0.39, 0.29) is 0 Å². The van der Waals surface area contributed by atoms with E-state index in [1.807, 2.05) is 31.2 Å². The van der Waals surface area contributed by atoms with Gasteiger partial charge in [-0.15, -0.1) is 0 Å². The maximum Gasteiger partial charge on any atom is 0.153 e. The van der Waals surface area contributed by atoms with Gasteiger partial charge in [0.2, 0.25) is 0 Å². The zero-order valence-electron chi connectivity index (χ0n) is 9.28. The first-order valence-electron chi connectivity index (χ1n) is 5.26. The molecule has 1 aromatic rings. The number of halogens is 1. The molecule has 0 aliphatic heterocycles. The highest BCUT2D eigenvalue weighted by Gasteiger charge is 2.02. The van der Waals surface area contributed by atoms with Crippen molar-refractivity contribution in [1.29, 1.82) is 0 Å². The van der Waals surface area contributed by atoms with Gasteiger partial charge in [-0.1, -0.05) is 34.1 Å². The van der Waals surface area contributed by atoms with Gasteiger partial charge in [-0.2, -0.15) is 0 Å². The molecule has 0 unspecified atom stereocenters. The first kappa shape index (κ1) is 13.0. The fourth-order valence-electron chi connectivity index (χ4n) is 1.33. The summed E-state index contributed by atoms with van der Waals surface area (Å²) in [5, 5.41) is 0.946. The maximum atomic E-state index is 10.9. The van der Waals surface area contributed by atoms with Gasteiger partial charge in [0.25, 0.3) is 0 Å². The van der Waals surface area contributed by atoms with Crippen molar-refractivity contribution in [3.05, 3.63) is 35.4 Å². The van der Waals surface area contributed by atoms with Crippen LogP contribution in [-0.4, -0.2) is 18.2 Å². The van der Waals surface area contributed by atoms with Gasteiger partial charge in [-0.25, -0.2) is 0 Å². The summed E-state index contributed by atoms with van der Waals surface area (Å²) in [4.78, 5) is 10.9. The average molecular weight is 283 g/mol. The molecule has 0 bridgehead atoms. The second-order valence-electron chi connectivity index (χ2n) is 3.23. The van der Waals surface area contributed by atoms with Crippen LogP contribution in [0.5, 0.6) is 5.75 Å². The van der Waals surface area contributed by atoms with Gasteiger partial charge in [-0.3, -0.25) is 4.79 Å². The third-order valence-corrected chi connectivity index (χ3v) is 2.50. The number of alkyl halides is 1. The quantitative estimate of drug-likeness (QED) is 0.588. The number of carbonyl (C=O) groups is 1. The predicted octanol–water partition coefficient (Wildman–Crippen LogP) is 3.70. The highest BCUT2D eigenvalue weighted by atomic mass is 79.9. The molecule has 0 saturated heterocycles. The number of rotatable bonds is 6. The van der Waals surface area contributed by atoms with Crippen LogP contribution in [0.1, 0.15) is 29.3 Å². The third-order valence-electron chi connectivity index (χ3n) is 2.05. The van der Waals surface area contributed by atoms with Crippen molar-refractivity contribution in [3.63, 3.8) is 0 Å². The minimum absolute atomic E-state index is 0.569. The Labute approximate surface area is 104 Å².